The molecule has 1 aliphatic rings. The van der Waals surface area contributed by atoms with Gasteiger partial charge in [0.1, 0.15) is 0 Å². The fourth-order valence-electron chi connectivity index (χ4n) is 3.44. The molecule has 0 fully saturated rings. The quantitative estimate of drug-likeness (QED) is 0.445. The smallest absolute Gasteiger partial charge is 0.233 e. The molecular formula is C22H24ClN3O4S. The summed E-state index contributed by atoms with van der Waals surface area (Å²) >= 11 is 7.56. The average Bonchev–Trinajstić information content (AvgIpc) is 3.37. The minimum atomic E-state index is 0.0496. The fourth-order valence-corrected chi connectivity index (χ4v) is 4.55. The first-order valence-corrected chi connectivity index (χ1v) is 11.4. The van der Waals surface area contributed by atoms with E-state index in [4.69, 9.17) is 30.8 Å². The zero-order valence-electron chi connectivity index (χ0n) is 17.5. The molecule has 7 nitrogen and oxygen atoms in total. The Labute approximate surface area is 190 Å². The molecule has 31 heavy (non-hydrogen) atoms. The molecule has 0 saturated carbocycles. The molecule has 0 spiro atoms. The van der Waals surface area contributed by atoms with Gasteiger partial charge in [-0.1, -0.05) is 29.4 Å². The van der Waals surface area contributed by atoms with Crippen molar-refractivity contribution < 1.29 is 19.0 Å². The number of hydrogen-bond acceptors (Lipinski definition) is 6. The Balaban J connectivity index is 1.46. The third-order valence-electron chi connectivity index (χ3n) is 5.06. The van der Waals surface area contributed by atoms with Crippen LogP contribution in [0.25, 0.3) is 11.0 Å². The van der Waals surface area contributed by atoms with Crippen LogP contribution in [0.2, 0.25) is 5.02 Å². The van der Waals surface area contributed by atoms with Gasteiger partial charge >= 0.3 is 0 Å². The van der Waals surface area contributed by atoms with E-state index in [2.05, 4.69) is 4.57 Å². The van der Waals surface area contributed by atoms with Crippen molar-refractivity contribution >= 4 is 40.3 Å². The lowest BCUT2D eigenvalue weighted by Gasteiger charge is -2.21. The molecule has 0 atom stereocenters. The number of carbonyl (C=O) groups is 1. The van der Waals surface area contributed by atoms with E-state index in [1.807, 2.05) is 48.2 Å². The van der Waals surface area contributed by atoms with Crippen LogP contribution in [-0.2, 0) is 22.6 Å². The SMILES string of the molecule is CCN(Cc1ccc2c(c1)OCO2)C(=O)CSc1nc2cc(Cl)ccc2n1CCOC. The van der Waals surface area contributed by atoms with Crippen molar-refractivity contribution in [3.63, 3.8) is 0 Å². The number of benzene rings is 2. The molecule has 1 amide bonds. The summed E-state index contributed by atoms with van der Waals surface area (Å²) < 4.78 is 18.1. The largest absolute Gasteiger partial charge is 0.454 e. The highest BCUT2D eigenvalue weighted by molar-refractivity contribution is 7.99. The van der Waals surface area contributed by atoms with Crippen LogP contribution in [0, 0.1) is 0 Å². The number of imidazole rings is 1. The Morgan fingerprint density at radius 3 is 2.90 bits per heavy atom. The predicted molar refractivity (Wildman–Crippen MR) is 121 cm³/mol. The Morgan fingerprint density at radius 1 is 1.26 bits per heavy atom. The van der Waals surface area contributed by atoms with Crippen LogP contribution in [0.1, 0.15) is 12.5 Å². The number of carbonyl (C=O) groups excluding carboxylic acids is 1. The lowest BCUT2D eigenvalue weighted by atomic mass is 10.2. The van der Waals surface area contributed by atoms with E-state index in [1.165, 1.54) is 11.8 Å². The van der Waals surface area contributed by atoms with Gasteiger partial charge in [-0.3, -0.25) is 4.79 Å². The first-order chi connectivity index (χ1) is 15.1. The monoisotopic (exact) mass is 461 g/mol. The Hall–Kier alpha value is -2.42. The molecule has 2 heterocycles. The fraction of sp³-hybridized carbons (Fsp3) is 0.364. The number of halogens is 1. The molecule has 0 saturated heterocycles. The van der Waals surface area contributed by atoms with E-state index >= 15 is 0 Å². The lowest BCUT2D eigenvalue weighted by molar-refractivity contribution is -0.128. The highest BCUT2D eigenvalue weighted by atomic mass is 35.5. The van der Waals surface area contributed by atoms with Gasteiger partial charge in [-0.2, -0.15) is 0 Å². The van der Waals surface area contributed by atoms with Gasteiger partial charge in [0.05, 0.1) is 23.4 Å². The lowest BCUT2D eigenvalue weighted by Crippen LogP contribution is -2.31. The van der Waals surface area contributed by atoms with Crippen molar-refractivity contribution in [2.75, 3.05) is 32.8 Å². The van der Waals surface area contributed by atoms with Crippen molar-refractivity contribution in [1.29, 1.82) is 0 Å². The molecular weight excluding hydrogens is 438 g/mol. The molecule has 1 aromatic heterocycles. The molecule has 0 unspecified atom stereocenters. The summed E-state index contributed by atoms with van der Waals surface area (Å²) in [6, 6.07) is 11.4. The van der Waals surface area contributed by atoms with Crippen LogP contribution in [0.5, 0.6) is 11.5 Å². The number of thioether (sulfide) groups is 1. The van der Waals surface area contributed by atoms with Gasteiger partial charge in [0, 0.05) is 31.8 Å². The van der Waals surface area contributed by atoms with Gasteiger partial charge in [-0.15, -0.1) is 0 Å². The van der Waals surface area contributed by atoms with Crippen LogP contribution in [0.3, 0.4) is 0 Å². The topological polar surface area (TPSA) is 65.8 Å². The zero-order chi connectivity index (χ0) is 21.8. The average molecular weight is 462 g/mol. The van der Waals surface area contributed by atoms with E-state index in [9.17, 15) is 4.79 Å². The molecule has 0 aliphatic carbocycles. The molecule has 4 rings (SSSR count). The minimum Gasteiger partial charge on any atom is -0.454 e. The number of rotatable bonds is 9. The molecule has 9 heteroatoms. The molecule has 2 aromatic carbocycles. The number of methoxy groups -OCH3 is 1. The van der Waals surface area contributed by atoms with E-state index in [0.29, 0.717) is 37.0 Å². The maximum absolute atomic E-state index is 12.9. The minimum absolute atomic E-state index is 0.0496. The first-order valence-electron chi connectivity index (χ1n) is 10.0. The normalized spacial score (nSPS) is 12.5. The van der Waals surface area contributed by atoms with Gasteiger partial charge in [-0.25, -0.2) is 4.98 Å². The van der Waals surface area contributed by atoms with Gasteiger partial charge in [0.15, 0.2) is 16.7 Å². The second-order valence-electron chi connectivity index (χ2n) is 7.06. The van der Waals surface area contributed by atoms with Crippen molar-refractivity contribution in [2.45, 2.75) is 25.2 Å². The second-order valence-corrected chi connectivity index (χ2v) is 8.43. The van der Waals surface area contributed by atoms with Crippen molar-refractivity contribution in [3.8, 4) is 11.5 Å². The summed E-state index contributed by atoms with van der Waals surface area (Å²) in [5.41, 5.74) is 2.79. The zero-order valence-corrected chi connectivity index (χ0v) is 19.0. The second kappa shape index (κ2) is 9.80. The molecule has 0 radical (unpaired) electrons. The van der Waals surface area contributed by atoms with Gasteiger partial charge in [0.2, 0.25) is 12.7 Å². The Bertz CT molecular complexity index is 1090. The summed E-state index contributed by atoms with van der Waals surface area (Å²) in [4.78, 5) is 19.5. The maximum Gasteiger partial charge on any atom is 0.233 e. The molecule has 164 valence electrons. The number of hydrogen-bond donors (Lipinski definition) is 0. The van der Waals surface area contributed by atoms with E-state index in [0.717, 1.165) is 33.3 Å². The maximum atomic E-state index is 12.9. The van der Waals surface area contributed by atoms with E-state index in [1.54, 1.807) is 7.11 Å². The highest BCUT2D eigenvalue weighted by Gasteiger charge is 2.19. The molecule has 3 aromatic rings. The van der Waals surface area contributed by atoms with Gasteiger partial charge in [0.25, 0.3) is 0 Å². The summed E-state index contributed by atoms with van der Waals surface area (Å²) in [6.45, 7) is 4.55. The van der Waals surface area contributed by atoms with Crippen LogP contribution < -0.4 is 9.47 Å². The van der Waals surface area contributed by atoms with Crippen LogP contribution in [0.4, 0.5) is 0 Å². The number of amides is 1. The standard InChI is InChI=1S/C22H24ClN3O4S/c1-3-25(12-15-4-7-19-20(10-15)30-14-29-19)21(27)13-31-22-24-17-11-16(23)5-6-18(17)26(22)8-9-28-2/h4-7,10-11H,3,8-9,12-14H2,1-2H3. The number of ether oxygens (including phenoxy) is 3. The van der Waals surface area contributed by atoms with Crippen LogP contribution >= 0.6 is 23.4 Å². The number of nitrogens with zero attached hydrogens (tertiary/aromatic N) is 3. The summed E-state index contributed by atoms with van der Waals surface area (Å²) in [5, 5.41) is 1.42. The van der Waals surface area contributed by atoms with Crippen LogP contribution in [0.15, 0.2) is 41.6 Å². The molecule has 1 aliphatic heterocycles. The Morgan fingerprint density at radius 2 is 2.10 bits per heavy atom. The summed E-state index contributed by atoms with van der Waals surface area (Å²) in [7, 11) is 1.67. The summed E-state index contributed by atoms with van der Waals surface area (Å²) in [6.07, 6.45) is 0. The van der Waals surface area contributed by atoms with Crippen molar-refractivity contribution in [1.82, 2.24) is 14.5 Å². The van der Waals surface area contributed by atoms with Crippen molar-refractivity contribution in [3.05, 3.63) is 47.0 Å². The third-order valence-corrected chi connectivity index (χ3v) is 6.26. The molecule has 0 bridgehead atoms. The number of fused-ring (bicyclic) bond motifs is 2. The molecule has 0 N–H and O–H groups in total. The summed E-state index contributed by atoms with van der Waals surface area (Å²) in [5.74, 6) is 1.81. The van der Waals surface area contributed by atoms with Gasteiger partial charge < -0.3 is 23.7 Å². The van der Waals surface area contributed by atoms with Crippen LogP contribution in [-0.4, -0.2) is 53.2 Å². The third kappa shape index (κ3) is 4.92. The highest BCUT2D eigenvalue weighted by Crippen LogP contribution is 2.33. The number of aromatic nitrogens is 2. The first kappa shape index (κ1) is 21.8. The predicted octanol–water partition coefficient (Wildman–Crippen LogP) is 4.21. The van der Waals surface area contributed by atoms with E-state index < -0.39 is 0 Å². The van der Waals surface area contributed by atoms with E-state index in [-0.39, 0.29) is 12.7 Å². The van der Waals surface area contributed by atoms with Crippen molar-refractivity contribution in [2.24, 2.45) is 0 Å². The van der Waals surface area contributed by atoms with Gasteiger partial charge in [-0.05, 0) is 42.8 Å². The Kier molecular flexibility index (Phi) is 6.89.